The van der Waals surface area contributed by atoms with Crippen LogP contribution in [0.3, 0.4) is 0 Å². The molecule has 0 fully saturated rings. The van der Waals surface area contributed by atoms with Gasteiger partial charge in [-0.15, -0.1) is 11.3 Å². The van der Waals surface area contributed by atoms with E-state index in [1.54, 1.807) is 11.3 Å². The van der Waals surface area contributed by atoms with Crippen LogP contribution in [0.4, 0.5) is 8.78 Å². The maximum Gasteiger partial charge on any atom is 0.255 e. The van der Waals surface area contributed by atoms with E-state index in [9.17, 15) is 18.4 Å². The Balaban J connectivity index is 1.73. The van der Waals surface area contributed by atoms with Gasteiger partial charge >= 0.3 is 0 Å². The van der Waals surface area contributed by atoms with E-state index in [2.05, 4.69) is 10.6 Å². The molecule has 0 spiro atoms. The second-order valence-electron chi connectivity index (χ2n) is 6.77. The lowest BCUT2D eigenvalue weighted by atomic mass is 10.0. The third-order valence-electron chi connectivity index (χ3n) is 4.93. The van der Waals surface area contributed by atoms with Crippen LogP contribution in [-0.2, 0) is 17.0 Å². The van der Waals surface area contributed by atoms with Crippen molar-refractivity contribution in [2.45, 2.75) is 18.2 Å². The first-order valence-electron chi connectivity index (χ1n) is 9.32. The minimum absolute atomic E-state index is 0.170. The largest absolute Gasteiger partial charge is 0.357 e. The molecule has 30 heavy (non-hydrogen) atoms. The van der Waals surface area contributed by atoms with E-state index in [0.717, 1.165) is 45.5 Å². The van der Waals surface area contributed by atoms with Crippen molar-refractivity contribution in [1.82, 2.24) is 15.2 Å². The predicted molar refractivity (Wildman–Crippen MR) is 114 cm³/mol. The van der Waals surface area contributed by atoms with Gasteiger partial charge in [-0.05, 0) is 47.6 Å². The van der Waals surface area contributed by atoms with Crippen molar-refractivity contribution in [1.29, 1.82) is 0 Å². The first-order valence-corrected chi connectivity index (χ1v) is 11.3. The summed E-state index contributed by atoms with van der Waals surface area (Å²) in [5, 5.41) is 5.99. The van der Waals surface area contributed by atoms with E-state index in [-0.39, 0.29) is 5.56 Å². The van der Waals surface area contributed by atoms with Gasteiger partial charge in [0.2, 0.25) is 5.91 Å². The van der Waals surface area contributed by atoms with Gasteiger partial charge in [0.05, 0.1) is 5.56 Å². The molecule has 3 aromatic rings. The lowest BCUT2D eigenvalue weighted by Gasteiger charge is -2.19. The molecule has 3 heterocycles. The standard InChI is InChI=1S/C21H19F2N3O2S2/c1-24-20(28)18(12-4-5-14(22)15(23)10-12)25-19(27)17-13-6-9-29-11-16(13)30-21(17)26-7-2-3-8-26/h2-5,7-8,10,18H,6,9,11H2,1H3,(H,24,28)(H,25,27). The molecule has 1 unspecified atom stereocenters. The number of fused-ring (bicyclic) bond motifs is 1. The van der Waals surface area contributed by atoms with Gasteiger partial charge in [-0.3, -0.25) is 9.59 Å². The summed E-state index contributed by atoms with van der Waals surface area (Å²) >= 11 is 3.38. The minimum Gasteiger partial charge on any atom is -0.357 e. The molecule has 0 saturated heterocycles. The number of halogens is 2. The van der Waals surface area contributed by atoms with E-state index in [1.807, 2.05) is 40.9 Å². The van der Waals surface area contributed by atoms with Crippen molar-refractivity contribution in [2.24, 2.45) is 0 Å². The maximum absolute atomic E-state index is 13.8. The molecule has 0 saturated carbocycles. The van der Waals surface area contributed by atoms with Crippen LogP contribution in [0.2, 0.25) is 0 Å². The molecule has 4 rings (SSSR count). The van der Waals surface area contributed by atoms with Crippen molar-refractivity contribution >= 4 is 34.9 Å². The van der Waals surface area contributed by atoms with Gasteiger partial charge in [0, 0.05) is 30.1 Å². The molecule has 2 N–H and O–H groups in total. The zero-order valence-corrected chi connectivity index (χ0v) is 17.7. The molecule has 5 nitrogen and oxygen atoms in total. The number of thioether (sulfide) groups is 1. The highest BCUT2D eigenvalue weighted by molar-refractivity contribution is 7.98. The number of carbonyl (C=O) groups is 2. The Hall–Kier alpha value is -2.65. The fourth-order valence-electron chi connectivity index (χ4n) is 3.44. The molecule has 0 aliphatic carbocycles. The highest BCUT2D eigenvalue weighted by Crippen LogP contribution is 2.38. The summed E-state index contributed by atoms with van der Waals surface area (Å²) in [6.45, 7) is 0. The van der Waals surface area contributed by atoms with Crippen LogP contribution in [0.5, 0.6) is 0 Å². The molecule has 0 radical (unpaired) electrons. The van der Waals surface area contributed by atoms with Crippen molar-refractivity contribution in [2.75, 3.05) is 12.8 Å². The van der Waals surface area contributed by atoms with Gasteiger partial charge in [-0.2, -0.15) is 11.8 Å². The number of nitrogens with one attached hydrogen (secondary N) is 2. The molecule has 1 aliphatic heterocycles. The Labute approximate surface area is 180 Å². The van der Waals surface area contributed by atoms with Crippen molar-refractivity contribution < 1.29 is 18.4 Å². The lowest BCUT2D eigenvalue weighted by molar-refractivity contribution is -0.122. The number of hydrogen-bond acceptors (Lipinski definition) is 4. The number of rotatable bonds is 5. The van der Waals surface area contributed by atoms with E-state index in [1.165, 1.54) is 13.1 Å². The number of amides is 2. The Morgan fingerprint density at radius 1 is 1.17 bits per heavy atom. The van der Waals surface area contributed by atoms with Gasteiger partial charge < -0.3 is 15.2 Å². The summed E-state index contributed by atoms with van der Waals surface area (Å²) in [5.41, 5.74) is 1.69. The van der Waals surface area contributed by atoms with Crippen LogP contribution in [0.25, 0.3) is 5.00 Å². The monoisotopic (exact) mass is 447 g/mol. The third kappa shape index (κ3) is 3.87. The Bertz CT molecular complexity index is 1100. The predicted octanol–water partition coefficient (Wildman–Crippen LogP) is 3.82. The van der Waals surface area contributed by atoms with Gasteiger partial charge in [0.25, 0.3) is 5.91 Å². The average molecular weight is 448 g/mol. The molecular formula is C21H19F2N3O2S2. The quantitative estimate of drug-likeness (QED) is 0.625. The molecular weight excluding hydrogens is 428 g/mol. The van der Waals surface area contributed by atoms with Crippen molar-refractivity contribution in [3.63, 3.8) is 0 Å². The maximum atomic E-state index is 13.8. The van der Waals surface area contributed by atoms with Crippen LogP contribution >= 0.6 is 23.1 Å². The van der Waals surface area contributed by atoms with Gasteiger partial charge in [0.1, 0.15) is 11.0 Å². The number of benzene rings is 1. The number of hydrogen-bond donors (Lipinski definition) is 2. The molecule has 1 atom stereocenters. The number of likely N-dealkylation sites (N-methyl/N-ethyl adjacent to an activating group) is 1. The number of carbonyl (C=O) groups excluding carboxylic acids is 2. The fraction of sp³-hybridized carbons (Fsp3) is 0.238. The van der Waals surface area contributed by atoms with Gasteiger partial charge in [-0.25, -0.2) is 8.78 Å². The Kier molecular flexibility index (Phi) is 5.92. The van der Waals surface area contributed by atoms with E-state index in [0.29, 0.717) is 5.56 Å². The van der Waals surface area contributed by atoms with Crippen LogP contribution in [0.1, 0.15) is 32.4 Å². The normalized spacial score (nSPS) is 14.1. The first kappa shape index (κ1) is 20.6. The van der Waals surface area contributed by atoms with E-state index < -0.39 is 29.5 Å². The van der Waals surface area contributed by atoms with Crippen molar-refractivity contribution in [3.05, 3.63) is 75.9 Å². The molecule has 156 valence electrons. The smallest absolute Gasteiger partial charge is 0.255 e. The SMILES string of the molecule is CNC(=O)C(NC(=O)c1c(-n2cccc2)sc2c1CCSC2)c1ccc(F)c(F)c1. The Morgan fingerprint density at radius 2 is 1.93 bits per heavy atom. The summed E-state index contributed by atoms with van der Waals surface area (Å²) in [6, 6.07) is 5.78. The zero-order chi connectivity index (χ0) is 21.3. The zero-order valence-electron chi connectivity index (χ0n) is 16.1. The Morgan fingerprint density at radius 3 is 2.63 bits per heavy atom. The van der Waals surface area contributed by atoms with Crippen LogP contribution < -0.4 is 10.6 Å². The van der Waals surface area contributed by atoms with Gasteiger partial charge in [-0.1, -0.05) is 6.07 Å². The molecule has 2 aromatic heterocycles. The van der Waals surface area contributed by atoms with Crippen molar-refractivity contribution in [3.8, 4) is 5.00 Å². The highest BCUT2D eigenvalue weighted by Gasteiger charge is 2.30. The van der Waals surface area contributed by atoms with E-state index >= 15 is 0 Å². The van der Waals surface area contributed by atoms with E-state index in [4.69, 9.17) is 0 Å². The molecule has 1 aromatic carbocycles. The summed E-state index contributed by atoms with van der Waals surface area (Å²) in [4.78, 5) is 27.0. The first-order chi connectivity index (χ1) is 14.5. The molecule has 0 bridgehead atoms. The molecule has 1 aliphatic rings. The number of aromatic nitrogens is 1. The average Bonchev–Trinajstić information content (AvgIpc) is 3.41. The summed E-state index contributed by atoms with van der Waals surface area (Å²) in [5.74, 6) is -1.27. The van der Waals surface area contributed by atoms with Gasteiger partial charge in [0.15, 0.2) is 11.6 Å². The molecule has 2 amide bonds. The summed E-state index contributed by atoms with van der Waals surface area (Å²) in [7, 11) is 1.43. The second-order valence-corrected chi connectivity index (χ2v) is 8.96. The lowest BCUT2D eigenvalue weighted by Crippen LogP contribution is -2.39. The second kappa shape index (κ2) is 8.61. The van der Waals surface area contributed by atoms with Crippen LogP contribution in [0, 0.1) is 11.6 Å². The fourth-order valence-corrected chi connectivity index (χ4v) is 5.89. The number of thiophene rings is 1. The molecule has 9 heteroatoms. The minimum atomic E-state index is -1.15. The van der Waals surface area contributed by atoms with Crippen LogP contribution in [-0.4, -0.2) is 29.2 Å². The third-order valence-corrected chi connectivity index (χ3v) is 7.34. The summed E-state index contributed by atoms with van der Waals surface area (Å²) in [6.07, 6.45) is 4.50. The summed E-state index contributed by atoms with van der Waals surface area (Å²) < 4.78 is 29.0. The highest BCUT2D eigenvalue weighted by atomic mass is 32.2. The topological polar surface area (TPSA) is 63.1 Å². The van der Waals surface area contributed by atoms with Crippen LogP contribution in [0.15, 0.2) is 42.7 Å². The number of nitrogens with zero attached hydrogens (tertiary/aromatic N) is 1.